The van der Waals surface area contributed by atoms with Crippen LogP contribution in [0.5, 0.6) is 0 Å². The standard InChI is InChI=1S/C18H20N6O/c1-23-9-16(21-11-23)14-8-24(18(25)12-2-3-12)10-17(14)22-15-4-5-20-7-13(15)6-19/h4-5,7,9,11-12,14,17H,2-3,8,10H2,1H3,(H,20,22)/t14-,17+/m0/s1. The third-order valence-electron chi connectivity index (χ3n) is 4.95. The van der Waals surface area contributed by atoms with E-state index in [4.69, 9.17) is 0 Å². The molecule has 4 rings (SSSR count). The largest absolute Gasteiger partial charge is 0.379 e. The van der Waals surface area contributed by atoms with Crippen molar-refractivity contribution in [3.05, 3.63) is 42.2 Å². The Hall–Kier alpha value is -2.88. The summed E-state index contributed by atoms with van der Waals surface area (Å²) in [7, 11) is 1.94. The van der Waals surface area contributed by atoms with Gasteiger partial charge in [-0.15, -0.1) is 0 Å². The van der Waals surface area contributed by atoms with Gasteiger partial charge in [0.25, 0.3) is 0 Å². The number of nitrogens with zero attached hydrogens (tertiary/aromatic N) is 5. The monoisotopic (exact) mass is 336 g/mol. The highest BCUT2D eigenvalue weighted by Gasteiger charge is 2.42. The van der Waals surface area contributed by atoms with Gasteiger partial charge in [0.05, 0.1) is 29.3 Å². The first-order chi connectivity index (χ1) is 12.2. The van der Waals surface area contributed by atoms with Gasteiger partial charge in [-0.2, -0.15) is 5.26 Å². The maximum absolute atomic E-state index is 12.5. The fraction of sp³-hybridized carbons (Fsp3) is 0.444. The van der Waals surface area contributed by atoms with E-state index in [9.17, 15) is 10.1 Å². The van der Waals surface area contributed by atoms with E-state index in [1.165, 1.54) is 0 Å². The summed E-state index contributed by atoms with van der Waals surface area (Å²) in [6.45, 7) is 1.29. The maximum Gasteiger partial charge on any atom is 0.225 e. The van der Waals surface area contributed by atoms with Gasteiger partial charge in [-0.3, -0.25) is 9.78 Å². The fourth-order valence-corrected chi connectivity index (χ4v) is 3.45. The van der Waals surface area contributed by atoms with E-state index >= 15 is 0 Å². The van der Waals surface area contributed by atoms with E-state index < -0.39 is 0 Å². The van der Waals surface area contributed by atoms with E-state index in [2.05, 4.69) is 21.4 Å². The molecule has 0 aromatic carbocycles. The summed E-state index contributed by atoms with van der Waals surface area (Å²) in [5.74, 6) is 0.558. The number of rotatable bonds is 4. The Morgan fingerprint density at radius 2 is 2.24 bits per heavy atom. The SMILES string of the molecule is Cn1cnc([C@@H]2CN(C(=O)C3CC3)C[C@H]2Nc2ccncc2C#N)c1. The maximum atomic E-state index is 12.5. The van der Waals surface area contributed by atoms with Crippen molar-refractivity contribution in [1.82, 2.24) is 19.4 Å². The van der Waals surface area contributed by atoms with Crippen molar-refractivity contribution in [2.75, 3.05) is 18.4 Å². The number of aromatic nitrogens is 3. The van der Waals surface area contributed by atoms with Crippen LogP contribution in [0.15, 0.2) is 31.0 Å². The lowest BCUT2D eigenvalue weighted by atomic mass is 10.00. The van der Waals surface area contributed by atoms with Crippen LogP contribution in [-0.4, -0.2) is 44.5 Å². The number of amides is 1. The van der Waals surface area contributed by atoms with Gasteiger partial charge in [0, 0.05) is 50.6 Å². The topological polar surface area (TPSA) is 86.8 Å². The van der Waals surface area contributed by atoms with Crippen LogP contribution in [0.3, 0.4) is 0 Å². The molecule has 2 aliphatic rings. The van der Waals surface area contributed by atoms with Crippen molar-refractivity contribution in [2.45, 2.75) is 24.8 Å². The van der Waals surface area contributed by atoms with Crippen molar-refractivity contribution >= 4 is 11.6 Å². The van der Waals surface area contributed by atoms with Crippen molar-refractivity contribution in [2.24, 2.45) is 13.0 Å². The number of pyridine rings is 1. The van der Waals surface area contributed by atoms with E-state index in [1.807, 2.05) is 22.7 Å². The van der Waals surface area contributed by atoms with Gasteiger partial charge in [0.15, 0.2) is 0 Å². The van der Waals surface area contributed by atoms with Gasteiger partial charge in [-0.1, -0.05) is 0 Å². The minimum Gasteiger partial charge on any atom is -0.379 e. The smallest absolute Gasteiger partial charge is 0.225 e. The summed E-state index contributed by atoms with van der Waals surface area (Å²) < 4.78 is 1.92. The molecular weight excluding hydrogens is 316 g/mol. The molecule has 1 amide bonds. The highest BCUT2D eigenvalue weighted by Crippen LogP contribution is 2.36. The van der Waals surface area contributed by atoms with Gasteiger partial charge in [-0.25, -0.2) is 4.98 Å². The first kappa shape index (κ1) is 15.6. The van der Waals surface area contributed by atoms with Crippen LogP contribution in [0, 0.1) is 17.2 Å². The van der Waals surface area contributed by atoms with Crippen LogP contribution in [0.2, 0.25) is 0 Å². The van der Waals surface area contributed by atoms with Gasteiger partial charge in [0.2, 0.25) is 5.91 Å². The zero-order valence-electron chi connectivity index (χ0n) is 14.1. The molecule has 1 aliphatic carbocycles. The Morgan fingerprint density at radius 3 is 2.92 bits per heavy atom. The van der Waals surface area contributed by atoms with Crippen LogP contribution in [0.1, 0.15) is 30.0 Å². The lowest BCUT2D eigenvalue weighted by molar-refractivity contribution is -0.131. The molecule has 25 heavy (non-hydrogen) atoms. The molecule has 7 heteroatoms. The number of imidazole rings is 1. The molecule has 1 aliphatic heterocycles. The predicted molar refractivity (Wildman–Crippen MR) is 91.6 cm³/mol. The third kappa shape index (κ3) is 3.07. The number of carbonyl (C=O) groups is 1. The molecule has 2 atom stereocenters. The van der Waals surface area contributed by atoms with Gasteiger partial charge in [-0.05, 0) is 18.9 Å². The van der Waals surface area contributed by atoms with Gasteiger partial charge >= 0.3 is 0 Å². The number of aryl methyl sites for hydroxylation is 1. The van der Waals surface area contributed by atoms with Crippen molar-refractivity contribution < 1.29 is 4.79 Å². The molecule has 1 saturated heterocycles. The number of anilines is 1. The number of hydrogen-bond donors (Lipinski definition) is 1. The molecule has 0 spiro atoms. The molecule has 1 saturated carbocycles. The zero-order chi connectivity index (χ0) is 17.4. The summed E-state index contributed by atoms with van der Waals surface area (Å²) in [5, 5.41) is 12.7. The molecule has 1 N–H and O–H groups in total. The van der Waals surface area contributed by atoms with Crippen LogP contribution in [-0.2, 0) is 11.8 Å². The lowest BCUT2D eigenvalue weighted by Crippen LogP contribution is -2.32. The third-order valence-corrected chi connectivity index (χ3v) is 4.95. The first-order valence-corrected chi connectivity index (χ1v) is 8.53. The molecule has 7 nitrogen and oxygen atoms in total. The zero-order valence-corrected chi connectivity index (χ0v) is 14.1. The second-order valence-electron chi connectivity index (χ2n) is 6.87. The Kier molecular flexibility index (Phi) is 3.88. The Morgan fingerprint density at radius 1 is 1.40 bits per heavy atom. The average Bonchev–Trinajstić information content (AvgIpc) is 3.26. The molecule has 0 unspecified atom stereocenters. The van der Waals surface area contributed by atoms with E-state index in [0.717, 1.165) is 24.2 Å². The van der Waals surface area contributed by atoms with Gasteiger partial charge < -0.3 is 14.8 Å². The number of hydrogen-bond acceptors (Lipinski definition) is 5. The number of likely N-dealkylation sites (tertiary alicyclic amines) is 1. The minimum absolute atomic E-state index is 0.0205. The number of nitriles is 1. The number of carbonyl (C=O) groups excluding carboxylic acids is 1. The van der Waals surface area contributed by atoms with Crippen LogP contribution in [0.25, 0.3) is 0 Å². The minimum atomic E-state index is 0.0205. The Balaban J connectivity index is 1.60. The molecular formula is C18H20N6O. The van der Waals surface area contributed by atoms with E-state index in [1.54, 1.807) is 24.8 Å². The molecule has 2 aromatic heterocycles. The van der Waals surface area contributed by atoms with E-state index in [0.29, 0.717) is 18.7 Å². The van der Waals surface area contributed by atoms with Crippen molar-refractivity contribution in [1.29, 1.82) is 5.26 Å². The molecule has 128 valence electrons. The normalized spacial score (nSPS) is 22.6. The van der Waals surface area contributed by atoms with Crippen molar-refractivity contribution in [3.8, 4) is 6.07 Å². The average molecular weight is 336 g/mol. The first-order valence-electron chi connectivity index (χ1n) is 8.53. The number of nitrogens with one attached hydrogen (secondary N) is 1. The Bertz CT molecular complexity index is 834. The second kappa shape index (κ2) is 6.20. The summed E-state index contributed by atoms with van der Waals surface area (Å²) in [6, 6.07) is 3.99. The molecule has 3 heterocycles. The second-order valence-corrected chi connectivity index (χ2v) is 6.87. The summed E-state index contributed by atoms with van der Waals surface area (Å²) in [6.07, 6.45) is 9.02. The predicted octanol–water partition coefficient (Wildman–Crippen LogP) is 1.50. The summed E-state index contributed by atoms with van der Waals surface area (Å²) in [5.41, 5.74) is 2.23. The highest BCUT2D eigenvalue weighted by atomic mass is 16.2. The summed E-state index contributed by atoms with van der Waals surface area (Å²) >= 11 is 0. The Labute approximate surface area is 146 Å². The summed E-state index contributed by atoms with van der Waals surface area (Å²) in [4.78, 5) is 23.0. The molecule has 2 fully saturated rings. The quantitative estimate of drug-likeness (QED) is 0.914. The highest BCUT2D eigenvalue weighted by molar-refractivity contribution is 5.81. The van der Waals surface area contributed by atoms with Crippen LogP contribution >= 0.6 is 0 Å². The van der Waals surface area contributed by atoms with Crippen LogP contribution < -0.4 is 5.32 Å². The molecule has 0 radical (unpaired) electrons. The molecule has 0 bridgehead atoms. The van der Waals surface area contributed by atoms with Gasteiger partial charge in [0.1, 0.15) is 6.07 Å². The fourth-order valence-electron chi connectivity index (χ4n) is 3.45. The lowest BCUT2D eigenvalue weighted by Gasteiger charge is -2.20. The molecule has 2 aromatic rings. The van der Waals surface area contributed by atoms with Crippen LogP contribution in [0.4, 0.5) is 5.69 Å². The van der Waals surface area contributed by atoms with Crippen molar-refractivity contribution in [3.63, 3.8) is 0 Å². The van der Waals surface area contributed by atoms with E-state index in [-0.39, 0.29) is 23.8 Å².